The van der Waals surface area contributed by atoms with Gasteiger partial charge in [0.15, 0.2) is 0 Å². The number of ether oxygens (including phenoxy) is 1. The maximum absolute atomic E-state index is 5.90. The average Bonchev–Trinajstić information content (AvgIpc) is 2.92. The first kappa shape index (κ1) is 15.6. The van der Waals surface area contributed by atoms with Gasteiger partial charge in [0.1, 0.15) is 17.3 Å². The molecular weight excluding hydrogens is 308 g/mol. The molecule has 1 heterocycles. The predicted molar refractivity (Wildman–Crippen MR) is 94.3 cm³/mol. The summed E-state index contributed by atoms with van der Waals surface area (Å²) in [5.41, 5.74) is 2.16. The quantitative estimate of drug-likeness (QED) is 0.619. The van der Waals surface area contributed by atoms with Crippen LogP contribution in [0.5, 0.6) is 11.5 Å². The van der Waals surface area contributed by atoms with Gasteiger partial charge in [0.05, 0.1) is 11.9 Å². The van der Waals surface area contributed by atoms with Crippen molar-refractivity contribution in [3.05, 3.63) is 65.6 Å². The molecule has 0 saturated heterocycles. The molecule has 2 aromatic carbocycles. The molecule has 23 heavy (non-hydrogen) atoms. The lowest BCUT2D eigenvalue weighted by Gasteiger charge is -2.10. The smallest absolute Gasteiger partial charge is 0.128 e. The van der Waals surface area contributed by atoms with Crippen LogP contribution in [0, 0.1) is 0 Å². The van der Waals surface area contributed by atoms with Crippen molar-refractivity contribution in [2.45, 2.75) is 19.8 Å². The molecule has 0 aliphatic heterocycles. The van der Waals surface area contributed by atoms with Crippen molar-refractivity contribution in [1.82, 2.24) is 9.55 Å². The standard InChI is InChI=1S/C19H19ClN2O/c1-13(2)19-21-12-18(22(19)3)14-5-4-6-17(11-14)23-16-9-7-15(20)8-10-16/h4-13H,1-3H3. The Hall–Kier alpha value is -2.26. The summed E-state index contributed by atoms with van der Waals surface area (Å²) >= 11 is 5.90. The summed E-state index contributed by atoms with van der Waals surface area (Å²) in [4.78, 5) is 4.52. The van der Waals surface area contributed by atoms with Crippen LogP contribution in [0.15, 0.2) is 54.7 Å². The van der Waals surface area contributed by atoms with E-state index in [1.54, 1.807) is 0 Å². The number of benzene rings is 2. The minimum Gasteiger partial charge on any atom is -0.457 e. The van der Waals surface area contributed by atoms with Crippen molar-refractivity contribution in [2.75, 3.05) is 0 Å². The Bertz CT molecular complexity index is 806. The molecule has 0 radical (unpaired) electrons. The summed E-state index contributed by atoms with van der Waals surface area (Å²) in [6.45, 7) is 4.29. The van der Waals surface area contributed by atoms with Crippen LogP contribution in [-0.4, -0.2) is 9.55 Å². The van der Waals surface area contributed by atoms with Gasteiger partial charge in [0.2, 0.25) is 0 Å². The summed E-state index contributed by atoms with van der Waals surface area (Å²) in [5.74, 6) is 3.02. The minimum absolute atomic E-state index is 0.391. The Kier molecular flexibility index (Phi) is 4.39. The van der Waals surface area contributed by atoms with E-state index in [1.165, 1.54) is 0 Å². The highest BCUT2D eigenvalue weighted by Gasteiger charge is 2.11. The van der Waals surface area contributed by atoms with E-state index in [0.717, 1.165) is 28.6 Å². The van der Waals surface area contributed by atoms with Gasteiger partial charge in [-0.2, -0.15) is 0 Å². The van der Waals surface area contributed by atoms with Crippen LogP contribution in [0.3, 0.4) is 0 Å². The maximum Gasteiger partial charge on any atom is 0.128 e. The van der Waals surface area contributed by atoms with Gasteiger partial charge in [-0.3, -0.25) is 0 Å². The third kappa shape index (κ3) is 3.40. The third-order valence-electron chi connectivity index (χ3n) is 3.72. The second-order valence-corrected chi connectivity index (χ2v) is 6.24. The zero-order valence-electron chi connectivity index (χ0n) is 13.5. The van der Waals surface area contributed by atoms with Crippen LogP contribution in [0.2, 0.25) is 5.02 Å². The van der Waals surface area contributed by atoms with Gasteiger partial charge in [0, 0.05) is 23.6 Å². The SMILES string of the molecule is CC(C)c1ncc(-c2cccc(Oc3ccc(Cl)cc3)c2)n1C. The van der Waals surface area contributed by atoms with E-state index in [-0.39, 0.29) is 0 Å². The molecule has 0 saturated carbocycles. The zero-order valence-corrected chi connectivity index (χ0v) is 14.2. The number of halogens is 1. The molecule has 0 unspecified atom stereocenters. The molecule has 0 amide bonds. The Labute approximate surface area is 141 Å². The molecule has 1 aromatic heterocycles. The second-order valence-electron chi connectivity index (χ2n) is 5.80. The lowest BCUT2D eigenvalue weighted by molar-refractivity contribution is 0.483. The topological polar surface area (TPSA) is 27.1 Å². The number of imidazole rings is 1. The first-order valence-electron chi connectivity index (χ1n) is 7.60. The van der Waals surface area contributed by atoms with Crippen LogP contribution in [-0.2, 0) is 7.05 Å². The van der Waals surface area contributed by atoms with E-state index in [0.29, 0.717) is 10.9 Å². The Morgan fingerprint density at radius 1 is 1.04 bits per heavy atom. The monoisotopic (exact) mass is 326 g/mol. The second kappa shape index (κ2) is 6.47. The average molecular weight is 327 g/mol. The van der Waals surface area contributed by atoms with Gasteiger partial charge in [-0.1, -0.05) is 37.6 Å². The fourth-order valence-electron chi connectivity index (χ4n) is 2.59. The Morgan fingerprint density at radius 2 is 1.78 bits per heavy atom. The number of hydrogen-bond donors (Lipinski definition) is 0. The van der Waals surface area contributed by atoms with Crippen LogP contribution in [0.1, 0.15) is 25.6 Å². The highest BCUT2D eigenvalue weighted by atomic mass is 35.5. The molecule has 0 N–H and O–H groups in total. The Morgan fingerprint density at radius 3 is 2.43 bits per heavy atom. The van der Waals surface area contributed by atoms with E-state index in [4.69, 9.17) is 16.3 Å². The normalized spacial score (nSPS) is 11.0. The fraction of sp³-hybridized carbons (Fsp3) is 0.211. The van der Waals surface area contributed by atoms with Gasteiger partial charge >= 0.3 is 0 Å². The van der Waals surface area contributed by atoms with E-state index < -0.39 is 0 Å². The van der Waals surface area contributed by atoms with Crippen LogP contribution < -0.4 is 4.74 Å². The summed E-state index contributed by atoms with van der Waals surface area (Å²) in [6.07, 6.45) is 1.91. The molecule has 0 fully saturated rings. The summed E-state index contributed by atoms with van der Waals surface area (Å²) in [6, 6.07) is 15.4. The van der Waals surface area contributed by atoms with E-state index >= 15 is 0 Å². The molecule has 3 aromatic rings. The first-order valence-corrected chi connectivity index (χ1v) is 7.98. The van der Waals surface area contributed by atoms with E-state index in [1.807, 2.05) is 55.7 Å². The van der Waals surface area contributed by atoms with Gasteiger partial charge in [-0.15, -0.1) is 0 Å². The Balaban J connectivity index is 1.89. The molecule has 0 spiro atoms. The predicted octanol–water partition coefficient (Wildman–Crippen LogP) is 5.66. The van der Waals surface area contributed by atoms with E-state index in [2.05, 4.69) is 29.5 Å². The first-order chi connectivity index (χ1) is 11.0. The van der Waals surface area contributed by atoms with Crippen molar-refractivity contribution in [1.29, 1.82) is 0 Å². The van der Waals surface area contributed by atoms with Gasteiger partial charge in [-0.25, -0.2) is 4.98 Å². The number of aromatic nitrogens is 2. The van der Waals surface area contributed by atoms with Crippen molar-refractivity contribution in [2.24, 2.45) is 7.05 Å². The van der Waals surface area contributed by atoms with Crippen molar-refractivity contribution in [3.63, 3.8) is 0 Å². The number of hydrogen-bond acceptors (Lipinski definition) is 2. The van der Waals surface area contributed by atoms with Crippen LogP contribution in [0.25, 0.3) is 11.3 Å². The molecule has 3 nitrogen and oxygen atoms in total. The van der Waals surface area contributed by atoms with E-state index in [9.17, 15) is 0 Å². The van der Waals surface area contributed by atoms with Gasteiger partial charge < -0.3 is 9.30 Å². The van der Waals surface area contributed by atoms with Gasteiger partial charge in [0.25, 0.3) is 0 Å². The number of nitrogens with zero attached hydrogens (tertiary/aromatic N) is 2. The van der Waals surface area contributed by atoms with Crippen LogP contribution in [0.4, 0.5) is 0 Å². The fourth-order valence-corrected chi connectivity index (χ4v) is 2.71. The molecule has 0 bridgehead atoms. The van der Waals surface area contributed by atoms with Crippen LogP contribution >= 0.6 is 11.6 Å². The highest BCUT2D eigenvalue weighted by Crippen LogP contribution is 2.29. The zero-order chi connectivity index (χ0) is 16.4. The molecule has 0 atom stereocenters. The lowest BCUT2D eigenvalue weighted by atomic mass is 10.1. The summed E-state index contributed by atoms with van der Waals surface area (Å²) in [5, 5.41) is 0.696. The van der Waals surface area contributed by atoms with Crippen molar-refractivity contribution < 1.29 is 4.74 Å². The molecule has 0 aliphatic rings. The summed E-state index contributed by atoms with van der Waals surface area (Å²) < 4.78 is 8.03. The van der Waals surface area contributed by atoms with Gasteiger partial charge in [-0.05, 0) is 36.4 Å². The third-order valence-corrected chi connectivity index (χ3v) is 3.97. The summed E-state index contributed by atoms with van der Waals surface area (Å²) in [7, 11) is 2.05. The van der Waals surface area contributed by atoms with Crippen molar-refractivity contribution in [3.8, 4) is 22.8 Å². The molecule has 0 aliphatic carbocycles. The van der Waals surface area contributed by atoms with Crippen molar-refractivity contribution >= 4 is 11.6 Å². The lowest BCUT2D eigenvalue weighted by Crippen LogP contribution is -2.01. The molecule has 118 valence electrons. The largest absolute Gasteiger partial charge is 0.457 e. The minimum atomic E-state index is 0.391. The molecule has 3 rings (SSSR count). The molecular formula is C19H19ClN2O. The maximum atomic E-state index is 5.90. The number of rotatable bonds is 4. The highest BCUT2D eigenvalue weighted by molar-refractivity contribution is 6.30. The molecule has 4 heteroatoms.